The van der Waals surface area contributed by atoms with Crippen LogP contribution in [-0.2, 0) is 23.9 Å². The number of amides is 2. The summed E-state index contributed by atoms with van der Waals surface area (Å²) in [6.45, 7) is 13.2. The number of allylic oxidation sites excluding steroid dienone is 1. The number of likely N-dealkylation sites (tertiary alicyclic amines) is 1. The van der Waals surface area contributed by atoms with Crippen LogP contribution < -0.4 is 0 Å². The topological polar surface area (TPSA) is 96.4 Å². The molecule has 0 saturated carbocycles. The van der Waals surface area contributed by atoms with Crippen LogP contribution in [0, 0.1) is 17.3 Å². The lowest BCUT2D eigenvalue weighted by molar-refractivity contribution is -0.160. The number of aliphatic hydroxyl groups excluding tert-OH is 1. The average Bonchev–Trinajstić information content (AvgIpc) is 3.09. The number of fused-ring (bicyclic) bond motifs is 2. The third-order valence-electron chi connectivity index (χ3n) is 8.00. The van der Waals surface area contributed by atoms with Crippen LogP contribution in [0.4, 0.5) is 0 Å². The molecule has 1 unspecified atom stereocenters. The first kappa shape index (κ1) is 26.9. The molecule has 200 valence electrons. The molecule has 8 heteroatoms. The SMILES string of the molecule is CC(C)(C)CC(C)(C)N1CC=C[C@]23O[C@]4(C)/C=C\CCCOC(=O)[C@@H]4[C@H]2C(=O)N(CCCO)C3C1=O. The zero-order valence-corrected chi connectivity index (χ0v) is 22.6. The summed E-state index contributed by atoms with van der Waals surface area (Å²) in [4.78, 5) is 45.2. The van der Waals surface area contributed by atoms with E-state index in [1.54, 1.807) is 4.90 Å². The lowest BCUT2D eigenvalue weighted by Gasteiger charge is -2.44. The summed E-state index contributed by atoms with van der Waals surface area (Å²) in [6.07, 6.45) is 10.2. The minimum absolute atomic E-state index is 0.0159. The first-order chi connectivity index (χ1) is 16.8. The number of carbonyl (C=O) groups is 3. The van der Waals surface area contributed by atoms with E-state index in [1.807, 2.05) is 36.1 Å². The van der Waals surface area contributed by atoms with Crippen LogP contribution >= 0.6 is 0 Å². The molecular weight excluding hydrogens is 460 g/mol. The van der Waals surface area contributed by atoms with Gasteiger partial charge in [-0.1, -0.05) is 45.1 Å². The number of hydrogen-bond donors (Lipinski definition) is 1. The monoisotopic (exact) mass is 502 g/mol. The van der Waals surface area contributed by atoms with E-state index in [0.717, 1.165) is 12.8 Å². The molecule has 36 heavy (non-hydrogen) atoms. The normalized spacial score (nSPS) is 35.9. The van der Waals surface area contributed by atoms with Gasteiger partial charge in [-0.3, -0.25) is 14.4 Å². The van der Waals surface area contributed by atoms with Gasteiger partial charge in [0.15, 0.2) is 0 Å². The van der Waals surface area contributed by atoms with Crippen molar-refractivity contribution in [3.05, 3.63) is 24.3 Å². The Kier molecular flexibility index (Phi) is 6.92. The standard InChI is InChI=1S/C28H42N2O6/c1-25(2,3)18-26(4,5)30-15-10-13-28-19(22(32)29(14-11-16-31)21(28)23(30)33)20-24(34)35-17-9-7-8-12-27(20,6)36-28/h8,10,12-13,19-21,31H,7,9,11,14-18H2,1-6H3/b12-8-/t19-,20-,21?,27+,28-/m0/s1. The van der Waals surface area contributed by atoms with Crippen LogP contribution in [0.3, 0.4) is 0 Å². The molecule has 0 aromatic heterocycles. The van der Waals surface area contributed by atoms with Crippen LogP contribution in [-0.4, -0.2) is 81.8 Å². The van der Waals surface area contributed by atoms with E-state index in [0.29, 0.717) is 19.4 Å². The highest BCUT2D eigenvalue weighted by Crippen LogP contribution is 2.57. The Morgan fingerprint density at radius 1 is 1.06 bits per heavy atom. The number of carbonyl (C=O) groups excluding carboxylic acids is 3. The highest BCUT2D eigenvalue weighted by Gasteiger charge is 2.74. The van der Waals surface area contributed by atoms with Gasteiger partial charge in [0, 0.05) is 25.2 Å². The van der Waals surface area contributed by atoms with Crippen LogP contribution in [0.25, 0.3) is 0 Å². The Morgan fingerprint density at radius 2 is 1.78 bits per heavy atom. The van der Waals surface area contributed by atoms with E-state index >= 15 is 0 Å². The van der Waals surface area contributed by atoms with Crippen molar-refractivity contribution in [3.8, 4) is 0 Å². The maximum Gasteiger partial charge on any atom is 0.313 e. The van der Waals surface area contributed by atoms with E-state index in [2.05, 4.69) is 34.6 Å². The highest BCUT2D eigenvalue weighted by atomic mass is 16.6. The van der Waals surface area contributed by atoms with Gasteiger partial charge in [-0.05, 0) is 51.9 Å². The van der Waals surface area contributed by atoms with Crippen molar-refractivity contribution in [1.29, 1.82) is 0 Å². The second-order valence-electron chi connectivity index (χ2n) is 12.7. The highest BCUT2D eigenvalue weighted by molar-refractivity contribution is 5.99. The average molecular weight is 503 g/mol. The van der Waals surface area contributed by atoms with Crippen molar-refractivity contribution in [2.24, 2.45) is 17.3 Å². The summed E-state index contributed by atoms with van der Waals surface area (Å²) >= 11 is 0. The molecule has 8 nitrogen and oxygen atoms in total. The molecule has 0 aromatic rings. The quantitative estimate of drug-likeness (QED) is 0.459. The zero-order chi connectivity index (χ0) is 26.5. The molecule has 5 atom stereocenters. The lowest BCUT2D eigenvalue weighted by atomic mass is 9.74. The fourth-order valence-corrected chi connectivity index (χ4v) is 7.05. The number of esters is 1. The maximum absolute atomic E-state index is 14.4. The summed E-state index contributed by atoms with van der Waals surface area (Å²) in [5.74, 6) is -2.69. The van der Waals surface area contributed by atoms with Gasteiger partial charge in [0.25, 0.3) is 0 Å². The molecular formula is C28H42N2O6. The number of aliphatic hydroxyl groups is 1. The summed E-state index contributed by atoms with van der Waals surface area (Å²) in [5, 5.41) is 9.55. The Hall–Kier alpha value is -2.19. The van der Waals surface area contributed by atoms with Gasteiger partial charge < -0.3 is 24.4 Å². The van der Waals surface area contributed by atoms with Gasteiger partial charge in [0.2, 0.25) is 11.8 Å². The molecule has 0 aliphatic carbocycles. The number of nitrogens with zero attached hydrogens (tertiary/aromatic N) is 2. The molecule has 4 aliphatic heterocycles. The Morgan fingerprint density at radius 3 is 2.44 bits per heavy atom. The fraction of sp³-hybridized carbons (Fsp3) is 0.750. The summed E-state index contributed by atoms with van der Waals surface area (Å²) < 4.78 is 12.4. The van der Waals surface area contributed by atoms with Crippen molar-refractivity contribution in [3.63, 3.8) is 0 Å². The molecule has 4 rings (SSSR count). The summed E-state index contributed by atoms with van der Waals surface area (Å²) in [5.41, 5.74) is -2.87. The smallest absolute Gasteiger partial charge is 0.313 e. The van der Waals surface area contributed by atoms with Crippen LogP contribution in [0.2, 0.25) is 0 Å². The number of hydrogen-bond acceptors (Lipinski definition) is 6. The minimum Gasteiger partial charge on any atom is -0.465 e. The predicted octanol–water partition coefficient (Wildman–Crippen LogP) is 2.85. The lowest BCUT2D eigenvalue weighted by Crippen LogP contribution is -2.60. The molecule has 0 bridgehead atoms. The van der Waals surface area contributed by atoms with E-state index in [9.17, 15) is 19.5 Å². The first-order valence-electron chi connectivity index (χ1n) is 13.2. The maximum atomic E-state index is 14.4. The summed E-state index contributed by atoms with van der Waals surface area (Å²) in [7, 11) is 0. The van der Waals surface area contributed by atoms with Gasteiger partial charge in [-0.2, -0.15) is 0 Å². The van der Waals surface area contributed by atoms with Gasteiger partial charge in [-0.15, -0.1) is 0 Å². The largest absolute Gasteiger partial charge is 0.465 e. The number of ether oxygens (including phenoxy) is 2. The van der Waals surface area contributed by atoms with E-state index in [-0.39, 0.29) is 37.0 Å². The third-order valence-corrected chi connectivity index (χ3v) is 8.00. The van der Waals surface area contributed by atoms with Crippen molar-refractivity contribution >= 4 is 17.8 Å². The molecule has 2 amide bonds. The predicted molar refractivity (Wildman–Crippen MR) is 135 cm³/mol. The van der Waals surface area contributed by atoms with Crippen LogP contribution in [0.15, 0.2) is 24.3 Å². The molecule has 0 radical (unpaired) electrons. The van der Waals surface area contributed by atoms with Crippen molar-refractivity contribution in [1.82, 2.24) is 9.80 Å². The van der Waals surface area contributed by atoms with E-state index < -0.39 is 40.6 Å². The molecule has 4 heterocycles. The van der Waals surface area contributed by atoms with E-state index in [4.69, 9.17) is 9.47 Å². The van der Waals surface area contributed by atoms with Crippen molar-refractivity contribution in [2.75, 3.05) is 26.3 Å². The number of cyclic esters (lactones) is 1. The van der Waals surface area contributed by atoms with Crippen LogP contribution in [0.5, 0.6) is 0 Å². The molecule has 0 aromatic carbocycles. The van der Waals surface area contributed by atoms with Gasteiger partial charge >= 0.3 is 5.97 Å². The van der Waals surface area contributed by atoms with Crippen molar-refractivity contribution in [2.45, 2.75) is 90.0 Å². The second-order valence-corrected chi connectivity index (χ2v) is 12.7. The molecule has 1 spiro atoms. The molecule has 2 saturated heterocycles. The van der Waals surface area contributed by atoms with Crippen molar-refractivity contribution < 1.29 is 29.0 Å². The van der Waals surface area contributed by atoms with Crippen LogP contribution in [0.1, 0.15) is 67.2 Å². The molecule has 1 N–H and O–H groups in total. The van der Waals surface area contributed by atoms with Gasteiger partial charge in [-0.25, -0.2) is 0 Å². The zero-order valence-electron chi connectivity index (χ0n) is 22.6. The van der Waals surface area contributed by atoms with Gasteiger partial charge in [0.05, 0.1) is 18.1 Å². The number of rotatable bonds is 5. The second kappa shape index (κ2) is 9.28. The minimum atomic E-state index is -1.29. The first-order valence-corrected chi connectivity index (χ1v) is 13.2. The summed E-state index contributed by atoms with van der Waals surface area (Å²) in [6, 6.07) is -0.923. The third kappa shape index (κ3) is 4.40. The Labute approximate surface area is 214 Å². The molecule has 2 fully saturated rings. The Balaban J connectivity index is 1.83. The van der Waals surface area contributed by atoms with E-state index in [1.165, 1.54) is 0 Å². The Bertz CT molecular complexity index is 966. The fourth-order valence-electron chi connectivity index (χ4n) is 7.05. The molecule has 4 aliphatic rings. The van der Waals surface area contributed by atoms with Gasteiger partial charge in [0.1, 0.15) is 17.6 Å².